The van der Waals surface area contributed by atoms with Crippen LogP contribution in [-0.4, -0.2) is 61.3 Å². The normalized spacial score (nSPS) is 27.4. The number of carbonyl (C=O) groups excluding carboxylic acids is 1. The minimum Gasteiger partial charge on any atom is -0.395 e. The van der Waals surface area contributed by atoms with E-state index < -0.39 is 18.2 Å². The summed E-state index contributed by atoms with van der Waals surface area (Å²) in [5.41, 5.74) is 3.02. The first-order chi connectivity index (χ1) is 19.4. The number of pyridine rings is 1. The number of carbonyl (C=O) groups is 1. The number of nitrogens with zero attached hydrogens (tertiary/aromatic N) is 4. The van der Waals surface area contributed by atoms with Crippen molar-refractivity contribution in [3.63, 3.8) is 0 Å². The molecule has 0 unspecified atom stereocenters. The molecule has 10 nitrogen and oxygen atoms in total. The molecule has 2 N–H and O–H groups in total. The maximum Gasteiger partial charge on any atom is 0.586 e. The van der Waals surface area contributed by atoms with Crippen LogP contribution in [0, 0.1) is 13.8 Å². The van der Waals surface area contributed by atoms with Crippen LogP contribution >= 0.6 is 11.6 Å². The smallest absolute Gasteiger partial charge is 0.395 e. The molecule has 1 saturated carbocycles. The van der Waals surface area contributed by atoms with Gasteiger partial charge < -0.3 is 29.6 Å². The van der Waals surface area contributed by atoms with Crippen LogP contribution in [0.3, 0.4) is 0 Å². The number of nitrogens with one attached hydrogen (secondary N) is 2. The Morgan fingerprint density at radius 2 is 2.00 bits per heavy atom. The number of aromatic nitrogens is 3. The molecule has 2 aromatic heterocycles. The second kappa shape index (κ2) is 8.85. The summed E-state index contributed by atoms with van der Waals surface area (Å²) in [7, 11) is 3.91. The maximum absolute atomic E-state index is 14.2. The van der Waals surface area contributed by atoms with Crippen molar-refractivity contribution >= 4 is 50.3 Å². The highest BCUT2D eigenvalue weighted by Crippen LogP contribution is 2.49. The largest absolute Gasteiger partial charge is 0.586 e. The van der Waals surface area contributed by atoms with E-state index in [1.54, 1.807) is 6.92 Å². The van der Waals surface area contributed by atoms with Gasteiger partial charge in [-0.2, -0.15) is 0 Å². The molecule has 41 heavy (non-hydrogen) atoms. The van der Waals surface area contributed by atoms with Crippen LogP contribution in [0.4, 0.5) is 20.2 Å². The SMILES string of the molecule is Cc1nc2c(=O)c(N3CCN[C@@]4([Si])CC[C@H]34)c3n(c2nc1C)[C@@H](C(=O)Nc1ccc2c(c1Cl)OC(F)(F)O2)C[C@H]3C. The number of aryl methyl sites for hydroxylation is 2. The summed E-state index contributed by atoms with van der Waals surface area (Å²) in [6, 6.07) is 1.95. The molecule has 4 aliphatic rings. The Balaban J connectivity index is 1.35. The molecule has 213 valence electrons. The third kappa shape index (κ3) is 3.88. The van der Waals surface area contributed by atoms with Crippen molar-refractivity contribution in [1.29, 1.82) is 0 Å². The first kappa shape index (κ1) is 26.6. The van der Waals surface area contributed by atoms with Gasteiger partial charge in [0, 0.05) is 30.2 Å². The lowest BCUT2D eigenvalue weighted by atomic mass is 9.81. The fourth-order valence-electron chi connectivity index (χ4n) is 6.52. The topological polar surface area (TPSA) is 111 Å². The van der Waals surface area contributed by atoms with Gasteiger partial charge in [-0.05, 0) is 45.2 Å². The van der Waals surface area contributed by atoms with Crippen molar-refractivity contribution < 1.29 is 23.0 Å². The minimum absolute atomic E-state index is 0.0629. The molecular formula is C27H26ClF2N6O4Si. The van der Waals surface area contributed by atoms with Crippen LogP contribution in [0.25, 0.3) is 11.2 Å². The van der Waals surface area contributed by atoms with E-state index >= 15 is 0 Å². The van der Waals surface area contributed by atoms with Gasteiger partial charge in [0.1, 0.15) is 16.8 Å². The Morgan fingerprint density at radius 1 is 1.24 bits per heavy atom. The van der Waals surface area contributed by atoms with E-state index in [2.05, 4.69) is 40.2 Å². The monoisotopic (exact) mass is 599 g/mol. The number of fused-ring (bicyclic) bond motifs is 5. The molecular weight excluding hydrogens is 574 g/mol. The quantitative estimate of drug-likeness (QED) is 0.440. The highest BCUT2D eigenvalue weighted by molar-refractivity contribution is 6.35. The van der Waals surface area contributed by atoms with Crippen LogP contribution < -0.4 is 30.4 Å². The molecule has 1 aromatic carbocycles. The maximum atomic E-state index is 14.2. The zero-order valence-electron chi connectivity index (χ0n) is 22.5. The van der Waals surface area contributed by atoms with Crippen LogP contribution in [0.15, 0.2) is 16.9 Å². The van der Waals surface area contributed by atoms with Gasteiger partial charge in [0.15, 0.2) is 22.7 Å². The average molecular weight is 600 g/mol. The minimum atomic E-state index is -3.85. The number of halogens is 3. The fourth-order valence-corrected chi connectivity index (χ4v) is 7.33. The number of amides is 1. The first-order valence-electron chi connectivity index (χ1n) is 13.5. The molecule has 2 fully saturated rings. The van der Waals surface area contributed by atoms with Crippen LogP contribution in [-0.2, 0) is 4.79 Å². The van der Waals surface area contributed by atoms with Crippen LogP contribution in [0.2, 0.25) is 5.02 Å². The molecule has 3 aliphatic heterocycles. The van der Waals surface area contributed by atoms with Crippen molar-refractivity contribution in [3.05, 3.63) is 44.5 Å². The lowest BCUT2D eigenvalue weighted by Crippen LogP contribution is -2.73. The molecule has 1 amide bonds. The van der Waals surface area contributed by atoms with Gasteiger partial charge in [0.05, 0.1) is 33.0 Å². The predicted molar refractivity (Wildman–Crippen MR) is 148 cm³/mol. The van der Waals surface area contributed by atoms with Crippen molar-refractivity contribution in [2.75, 3.05) is 23.3 Å². The van der Waals surface area contributed by atoms with Crippen molar-refractivity contribution in [2.45, 2.75) is 69.5 Å². The second-order valence-electron chi connectivity index (χ2n) is 11.2. The molecule has 4 atom stereocenters. The Labute approximate surface area is 241 Å². The van der Waals surface area contributed by atoms with Gasteiger partial charge in [-0.1, -0.05) is 18.5 Å². The summed E-state index contributed by atoms with van der Waals surface area (Å²) in [5, 5.41) is 5.82. The molecule has 3 aromatic rings. The number of ether oxygens (including phenoxy) is 2. The lowest BCUT2D eigenvalue weighted by molar-refractivity contribution is -0.286. The standard InChI is InChI=1S/C27H26ClF2N6O4Si/c1-11-10-15(25(38)34-14-4-5-16-23(18(14)28)40-27(29,30)39-16)36-20(11)21(35-9-8-31-26(41)7-6-17(26)35)22(37)19-24(36)33-13(3)12(2)32-19/h4-5,11,15,17,31H,6-10H2,1-3H3,(H,34,38)/t11-,15-,17+,26-/m1/s1. The first-order valence-corrected chi connectivity index (χ1v) is 14.4. The Hall–Kier alpha value is -3.29. The number of alkyl halides is 2. The third-order valence-corrected chi connectivity index (χ3v) is 9.85. The number of benzene rings is 1. The van der Waals surface area contributed by atoms with Crippen molar-refractivity contribution in [1.82, 2.24) is 19.9 Å². The fraction of sp³-hybridized carbons (Fsp3) is 0.481. The van der Waals surface area contributed by atoms with Crippen LogP contribution in [0.1, 0.15) is 55.2 Å². The number of hydrogen-bond acceptors (Lipinski definition) is 8. The van der Waals surface area contributed by atoms with Gasteiger partial charge in [-0.3, -0.25) is 9.59 Å². The second-order valence-corrected chi connectivity index (χ2v) is 12.5. The molecule has 0 spiro atoms. The van der Waals surface area contributed by atoms with Gasteiger partial charge in [-0.25, -0.2) is 9.97 Å². The summed E-state index contributed by atoms with van der Waals surface area (Å²) in [5.74, 6) is -1.16. The summed E-state index contributed by atoms with van der Waals surface area (Å²) in [6.45, 7) is 6.92. The molecule has 1 saturated heterocycles. The predicted octanol–water partition coefficient (Wildman–Crippen LogP) is 3.51. The van der Waals surface area contributed by atoms with Gasteiger partial charge in [-0.15, -0.1) is 8.78 Å². The van der Waals surface area contributed by atoms with E-state index in [0.717, 1.165) is 18.5 Å². The Bertz CT molecular complexity index is 1720. The molecule has 14 heteroatoms. The number of hydrogen-bond donors (Lipinski definition) is 2. The number of piperazine rings is 1. The van der Waals surface area contributed by atoms with E-state index in [1.807, 2.05) is 18.4 Å². The summed E-state index contributed by atoms with van der Waals surface area (Å²) >= 11 is 6.35. The zero-order chi connectivity index (χ0) is 29.0. The average Bonchev–Trinajstić information content (AvgIpc) is 3.41. The van der Waals surface area contributed by atoms with Gasteiger partial charge in [0.25, 0.3) is 0 Å². The molecule has 0 bridgehead atoms. The highest BCUT2D eigenvalue weighted by atomic mass is 35.5. The Morgan fingerprint density at radius 3 is 2.73 bits per heavy atom. The highest BCUT2D eigenvalue weighted by Gasteiger charge is 2.50. The summed E-state index contributed by atoms with van der Waals surface area (Å²) < 4.78 is 38.1. The van der Waals surface area contributed by atoms with E-state index in [4.69, 9.17) is 16.6 Å². The third-order valence-electron chi connectivity index (χ3n) is 8.71. The van der Waals surface area contributed by atoms with E-state index in [9.17, 15) is 18.4 Å². The lowest BCUT2D eigenvalue weighted by Gasteiger charge is -2.57. The van der Waals surface area contributed by atoms with E-state index in [0.29, 0.717) is 42.2 Å². The van der Waals surface area contributed by atoms with Crippen LogP contribution in [0.5, 0.6) is 11.5 Å². The zero-order valence-corrected chi connectivity index (χ0v) is 24.2. The Kier molecular flexibility index (Phi) is 5.74. The van der Waals surface area contributed by atoms with E-state index in [-0.39, 0.29) is 50.3 Å². The number of rotatable bonds is 3. The molecule has 7 rings (SSSR count). The van der Waals surface area contributed by atoms with Crippen molar-refractivity contribution in [3.8, 4) is 11.5 Å². The summed E-state index contributed by atoms with van der Waals surface area (Å²) in [4.78, 5) is 39.6. The molecule has 1 aliphatic carbocycles. The van der Waals surface area contributed by atoms with E-state index in [1.165, 1.54) is 12.1 Å². The van der Waals surface area contributed by atoms with Gasteiger partial charge >= 0.3 is 6.29 Å². The summed E-state index contributed by atoms with van der Waals surface area (Å²) in [6.07, 6.45) is -1.61. The molecule has 5 heterocycles. The molecule has 3 radical (unpaired) electrons. The van der Waals surface area contributed by atoms with Crippen molar-refractivity contribution in [2.24, 2.45) is 0 Å². The van der Waals surface area contributed by atoms with Gasteiger partial charge in [0.2, 0.25) is 11.3 Å². The number of anilines is 2.